The maximum Gasteiger partial charge on any atom is 0.227 e. The van der Waals surface area contributed by atoms with Crippen LogP contribution in [0.5, 0.6) is 11.5 Å². The molecule has 0 spiro atoms. The summed E-state index contributed by atoms with van der Waals surface area (Å²) in [5.74, 6) is 2.79. The van der Waals surface area contributed by atoms with E-state index in [0.29, 0.717) is 28.3 Å². The lowest BCUT2D eigenvalue weighted by Crippen LogP contribution is -2.46. The molecule has 35 heavy (non-hydrogen) atoms. The molecular formula is C26H29ClN6O2. The fourth-order valence-corrected chi connectivity index (χ4v) is 4.27. The Kier molecular flexibility index (Phi) is 7.72. The van der Waals surface area contributed by atoms with Crippen LogP contribution in [0.3, 0.4) is 0 Å². The van der Waals surface area contributed by atoms with E-state index in [0.717, 1.165) is 48.8 Å². The summed E-state index contributed by atoms with van der Waals surface area (Å²) in [6, 6.07) is 13.2. The zero-order chi connectivity index (χ0) is 24.8. The van der Waals surface area contributed by atoms with Gasteiger partial charge in [0.15, 0.2) is 0 Å². The van der Waals surface area contributed by atoms with E-state index in [-0.39, 0.29) is 0 Å². The Hall–Kier alpha value is -3.78. The molecule has 0 atom stereocenters. The lowest BCUT2D eigenvalue weighted by molar-refractivity contribution is 0.365. The number of aromatic nitrogens is 2. The van der Waals surface area contributed by atoms with E-state index in [1.54, 1.807) is 20.4 Å². The summed E-state index contributed by atoms with van der Waals surface area (Å²) in [4.78, 5) is 18.0. The number of aliphatic imine (C=N–C) groups is 1. The molecule has 1 aliphatic rings. The number of methoxy groups -OCH3 is 2. The second-order valence-electron chi connectivity index (χ2n) is 7.94. The highest BCUT2D eigenvalue weighted by Gasteiger charge is 2.22. The molecule has 0 radical (unpaired) electrons. The largest absolute Gasteiger partial charge is 0.497 e. The van der Waals surface area contributed by atoms with Crippen LogP contribution in [-0.2, 0) is 0 Å². The van der Waals surface area contributed by atoms with Crippen molar-refractivity contribution in [1.82, 2.24) is 14.9 Å². The quantitative estimate of drug-likeness (QED) is 0.421. The number of allylic oxidation sites excluding steroid dienone is 1. The number of piperazine rings is 1. The Labute approximate surface area is 210 Å². The van der Waals surface area contributed by atoms with Gasteiger partial charge < -0.3 is 24.6 Å². The molecule has 1 N–H and O–H groups in total. The first-order chi connectivity index (χ1) is 17.0. The number of anilines is 3. The molecule has 8 nitrogen and oxygen atoms in total. The van der Waals surface area contributed by atoms with Gasteiger partial charge in [-0.15, -0.1) is 0 Å². The normalized spacial score (nSPS) is 14.0. The molecule has 2 heterocycles. The molecule has 2 aromatic carbocycles. The zero-order valence-corrected chi connectivity index (χ0v) is 20.9. The van der Waals surface area contributed by atoms with E-state index in [9.17, 15) is 0 Å². The van der Waals surface area contributed by atoms with E-state index in [1.165, 1.54) is 0 Å². The first-order valence-electron chi connectivity index (χ1n) is 11.3. The average Bonchev–Trinajstić information content (AvgIpc) is 2.90. The monoisotopic (exact) mass is 492 g/mol. The van der Waals surface area contributed by atoms with E-state index in [1.807, 2.05) is 49.4 Å². The van der Waals surface area contributed by atoms with Crippen molar-refractivity contribution in [3.8, 4) is 11.5 Å². The third kappa shape index (κ3) is 5.66. The topological polar surface area (TPSA) is 75.1 Å². The number of hydrogen-bond acceptors (Lipinski definition) is 8. The smallest absolute Gasteiger partial charge is 0.227 e. The van der Waals surface area contributed by atoms with Crippen LogP contribution in [-0.4, -0.2) is 62.0 Å². The first kappa shape index (κ1) is 24.3. The third-order valence-corrected chi connectivity index (χ3v) is 6.08. The number of benzene rings is 2. The molecule has 1 saturated heterocycles. The van der Waals surface area contributed by atoms with Crippen molar-refractivity contribution in [3.63, 3.8) is 0 Å². The van der Waals surface area contributed by atoms with Crippen LogP contribution in [0.4, 0.5) is 23.1 Å². The molecule has 1 fully saturated rings. The van der Waals surface area contributed by atoms with Crippen LogP contribution in [0.25, 0.3) is 5.70 Å². The van der Waals surface area contributed by atoms with Crippen molar-refractivity contribution in [2.75, 3.05) is 50.6 Å². The molecule has 0 bridgehead atoms. The Balaban J connectivity index is 1.46. The van der Waals surface area contributed by atoms with Gasteiger partial charge in [0.05, 0.1) is 19.9 Å². The van der Waals surface area contributed by atoms with Crippen molar-refractivity contribution in [2.45, 2.75) is 6.92 Å². The Morgan fingerprint density at radius 1 is 1.06 bits per heavy atom. The third-order valence-electron chi connectivity index (χ3n) is 5.85. The van der Waals surface area contributed by atoms with Crippen LogP contribution < -0.4 is 19.7 Å². The molecule has 9 heteroatoms. The van der Waals surface area contributed by atoms with Crippen molar-refractivity contribution in [1.29, 1.82) is 0 Å². The zero-order valence-electron chi connectivity index (χ0n) is 20.2. The van der Waals surface area contributed by atoms with Crippen LogP contribution in [0.1, 0.15) is 12.5 Å². The van der Waals surface area contributed by atoms with Gasteiger partial charge in [0.1, 0.15) is 17.3 Å². The van der Waals surface area contributed by atoms with Crippen molar-refractivity contribution in [3.05, 3.63) is 65.3 Å². The molecule has 0 unspecified atom stereocenters. The summed E-state index contributed by atoms with van der Waals surface area (Å²) in [6.07, 6.45) is 3.87. The molecule has 0 aliphatic carbocycles. The number of hydrogen-bond donors (Lipinski definition) is 1. The Bertz CT molecular complexity index is 1200. The Morgan fingerprint density at radius 2 is 1.77 bits per heavy atom. The summed E-state index contributed by atoms with van der Waals surface area (Å²) in [7, 11) is 3.25. The fourth-order valence-electron chi connectivity index (χ4n) is 4.11. The molecule has 0 amide bonds. The predicted molar refractivity (Wildman–Crippen MR) is 143 cm³/mol. The van der Waals surface area contributed by atoms with Crippen molar-refractivity contribution in [2.24, 2.45) is 4.99 Å². The van der Waals surface area contributed by atoms with E-state index in [2.05, 4.69) is 37.9 Å². The van der Waals surface area contributed by atoms with Crippen LogP contribution in [0, 0.1) is 0 Å². The standard InChI is InChI=1S/C26H29ClN6O2/c1-5-24(22-7-6-18(27)14-23(22)28-2)32-10-12-33(13-11-32)26-29-9-8-25(31-26)30-19-15-20(34-3)17-21(16-19)35-4/h5-9,14-17H,2,10-13H2,1,3-4H3,(H,29,30,31)/b24-5+. The van der Waals surface area contributed by atoms with Crippen LogP contribution in [0.2, 0.25) is 5.02 Å². The summed E-state index contributed by atoms with van der Waals surface area (Å²) < 4.78 is 10.7. The molecule has 0 saturated carbocycles. The van der Waals surface area contributed by atoms with Crippen LogP contribution >= 0.6 is 11.6 Å². The lowest BCUT2D eigenvalue weighted by atomic mass is 10.1. The van der Waals surface area contributed by atoms with Gasteiger partial charge in [0.25, 0.3) is 0 Å². The van der Waals surface area contributed by atoms with Gasteiger partial charge in [-0.3, -0.25) is 4.99 Å². The highest BCUT2D eigenvalue weighted by molar-refractivity contribution is 6.30. The predicted octanol–water partition coefficient (Wildman–Crippen LogP) is 5.41. The molecule has 182 valence electrons. The van der Waals surface area contributed by atoms with Gasteiger partial charge in [0, 0.05) is 72.5 Å². The molecular weight excluding hydrogens is 464 g/mol. The summed E-state index contributed by atoms with van der Waals surface area (Å²) >= 11 is 6.15. The summed E-state index contributed by atoms with van der Waals surface area (Å²) in [6.45, 7) is 8.97. The van der Waals surface area contributed by atoms with Gasteiger partial charge in [-0.2, -0.15) is 4.98 Å². The summed E-state index contributed by atoms with van der Waals surface area (Å²) in [5.41, 5.74) is 3.75. The van der Waals surface area contributed by atoms with Gasteiger partial charge in [-0.25, -0.2) is 4.98 Å². The number of nitrogens with zero attached hydrogens (tertiary/aromatic N) is 5. The minimum atomic E-state index is 0.648. The maximum absolute atomic E-state index is 6.15. The van der Waals surface area contributed by atoms with Gasteiger partial charge in [-0.05, 0) is 37.9 Å². The second-order valence-corrected chi connectivity index (χ2v) is 8.37. The van der Waals surface area contributed by atoms with Crippen LogP contribution in [0.15, 0.2) is 59.7 Å². The molecule has 4 rings (SSSR count). The SMILES string of the molecule is C=Nc1cc(Cl)ccc1/C(=C\C)N1CCN(c2nccc(Nc3cc(OC)cc(OC)c3)n2)CC1. The minimum Gasteiger partial charge on any atom is -0.497 e. The van der Waals surface area contributed by atoms with Crippen molar-refractivity contribution >= 4 is 47.2 Å². The number of nitrogens with one attached hydrogen (secondary N) is 1. The fraction of sp³-hybridized carbons (Fsp3) is 0.269. The lowest BCUT2D eigenvalue weighted by Gasteiger charge is -2.37. The molecule has 1 aliphatic heterocycles. The van der Waals surface area contributed by atoms with Gasteiger partial charge >= 0.3 is 0 Å². The van der Waals surface area contributed by atoms with Gasteiger partial charge in [0.2, 0.25) is 5.95 Å². The number of halogens is 1. The molecule has 3 aromatic rings. The minimum absolute atomic E-state index is 0.648. The number of rotatable bonds is 8. The van der Waals surface area contributed by atoms with E-state index >= 15 is 0 Å². The highest BCUT2D eigenvalue weighted by atomic mass is 35.5. The Morgan fingerprint density at radius 3 is 2.40 bits per heavy atom. The highest BCUT2D eigenvalue weighted by Crippen LogP contribution is 2.32. The number of ether oxygens (including phenoxy) is 2. The maximum atomic E-state index is 6.15. The summed E-state index contributed by atoms with van der Waals surface area (Å²) in [5, 5.41) is 3.97. The van der Waals surface area contributed by atoms with E-state index in [4.69, 9.17) is 26.1 Å². The van der Waals surface area contributed by atoms with E-state index < -0.39 is 0 Å². The van der Waals surface area contributed by atoms with Crippen molar-refractivity contribution < 1.29 is 9.47 Å². The average molecular weight is 493 g/mol. The van der Waals surface area contributed by atoms with Gasteiger partial charge in [-0.1, -0.05) is 17.7 Å². The second kappa shape index (κ2) is 11.1. The first-order valence-corrected chi connectivity index (χ1v) is 11.7. The molecule has 1 aromatic heterocycles.